The molecule has 0 amide bonds. The Morgan fingerprint density at radius 1 is 1.31 bits per heavy atom. The lowest BCUT2D eigenvalue weighted by atomic mass is 10.0. The van der Waals surface area contributed by atoms with Gasteiger partial charge in [0.2, 0.25) is 0 Å². The molecule has 16 heavy (non-hydrogen) atoms. The van der Waals surface area contributed by atoms with Gasteiger partial charge in [0.05, 0.1) is 12.2 Å². The lowest BCUT2D eigenvalue weighted by molar-refractivity contribution is -0.00892. The molecular formula is C13H20ClNO. The molecule has 2 unspecified atom stereocenters. The third-order valence-corrected chi connectivity index (χ3v) is 2.84. The highest BCUT2D eigenvalue weighted by Crippen LogP contribution is 2.29. The van der Waals surface area contributed by atoms with Crippen LogP contribution in [0.1, 0.15) is 38.9 Å². The molecule has 90 valence electrons. The van der Waals surface area contributed by atoms with Crippen LogP contribution in [0, 0.1) is 0 Å². The molecule has 0 saturated carbocycles. The summed E-state index contributed by atoms with van der Waals surface area (Å²) < 4.78 is 5.86. The molecule has 1 rings (SSSR count). The Labute approximate surface area is 103 Å². The summed E-state index contributed by atoms with van der Waals surface area (Å²) in [5.41, 5.74) is 7.06. The van der Waals surface area contributed by atoms with E-state index in [2.05, 4.69) is 6.92 Å². The van der Waals surface area contributed by atoms with Crippen LogP contribution in [0.5, 0.6) is 0 Å². The predicted molar refractivity (Wildman–Crippen MR) is 68.7 cm³/mol. The molecule has 0 saturated heterocycles. The van der Waals surface area contributed by atoms with Gasteiger partial charge >= 0.3 is 0 Å². The van der Waals surface area contributed by atoms with Crippen LogP contribution in [0.3, 0.4) is 0 Å². The summed E-state index contributed by atoms with van der Waals surface area (Å²) in [5, 5.41) is 0.719. The Hall–Kier alpha value is -0.570. The highest BCUT2D eigenvalue weighted by Gasteiger charge is 2.22. The minimum absolute atomic E-state index is 0.0256. The average molecular weight is 242 g/mol. The van der Waals surface area contributed by atoms with E-state index in [0.717, 1.165) is 17.0 Å². The van der Waals surface area contributed by atoms with Crippen molar-refractivity contribution in [2.75, 3.05) is 0 Å². The van der Waals surface area contributed by atoms with Crippen molar-refractivity contribution in [3.8, 4) is 0 Å². The first-order valence-electron chi connectivity index (χ1n) is 5.71. The molecule has 2 nitrogen and oxygen atoms in total. The van der Waals surface area contributed by atoms with E-state index in [9.17, 15) is 0 Å². The van der Waals surface area contributed by atoms with Crippen molar-refractivity contribution in [3.05, 3.63) is 34.9 Å². The Kier molecular flexibility index (Phi) is 5.26. The van der Waals surface area contributed by atoms with Crippen molar-refractivity contribution in [3.63, 3.8) is 0 Å². The number of ether oxygens (including phenoxy) is 1. The second kappa shape index (κ2) is 6.24. The zero-order valence-electron chi connectivity index (χ0n) is 10.1. The highest BCUT2D eigenvalue weighted by molar-refractivity contribution is 6.31. The molecule has 0 aliphatic rings. The van der Waals surface area contributed by atoms with Crippen molar-refractivity contribution in [2.24, 2.45) is 5.73 Å². The minimum Gasteiger partial charge on any atom is -0.369 e. The van der Waals surface area contributed by atoms with Gasteiger partial charge in [-0.25, -0.2) is 0 Å². The summed E-state index contributed by atoms with van der Waals surface area (Å²) in [6.07, 6.45) is 0.875. The number of rotatable bonds is 5. The molecule has 0 aliphatic heterocycles. The van der Waals surface area contributed by atoms with Crippen LogP contribution in [0.15, 0.2) is 24.3 Å². The molecular weight excluding hydrogens is 222 g/mol. The molecule has 1 aromatic rings. The lowest BCUT2D eigenvalue weighted by Crippen LogP contribution is -2.31. The van der Waals surface area contributed by atoms with E-state index in [1.54, 1.807) is 0 Å². The average Bonchev–Trinajstić information content (AvgIpc) is 2.26. The summed E-state index contributed by atoms with van der Waals surface area (Å²) in [7, 11) is 0. The van der Waals surface area contributed by atoms with Crippen LogP contribution in [0.4, 0.5) is 0 Å². The van der Waals surface area contributed by atoms with E-state index in [-0.39, 0.29) is 18.2 Å². The molecule has 0 aliphatic carbocycles. The second-order valence-corrected chi connectivity index (χ2v) is 4.61. The van der Waals surface area contributed by atoms with Crippen LogP contribution in [-0.2, 0) is 4.74 Å². The maximum atomic E-state index is 6.17. The zero-order chi connectivity index (χ0) is 12.1. The monoisotopic (exact) mass is 241 g/mol. The minimum atomic E-state index is -0.126. The van der Waals surface area contributed by atoms with Crippen molar-refractivity contribution < 1.29 is 4.74 Å². The van der Waals surface area contributed by atoms with Gasteiger partial charge in [0.15, 0.2) is 0 Å². The lowest BCUT2D eigenvalue weighted by Gasteiger charge is -2.26. The number of benzene rings is 1. The van der Waals surface area contributed by atoms with Gasteiger partial charge in [-0.15, -0.1) is 0 Å². The fourth-order valence-electron chi connectivity index (χ4n) is 1.62. The Morgan fingerprint density at radius 3 is 2.44 bits per heavy atom. The summed E-state index contributed by atoms with van der Waals surface area (Å²) in [6.45, 7) is 6.07. The van der Waals surface area contributed by atoms with E-state index in [4.69, 9.17) is 22.1 Å². The fourth-order valence-corrected chi connectivity index (χ4v) is 1.86. The van der Waals surface area contributed by atoms with E-state index in [1.807, 2.05) is 38.1 Å². The van der Waals surface area contributed by atoms with Gasteiger partial charge in [0, 0.05) is 16.6 Å². The van der Waals surface area contributed by atoms with E-state index >= 15 is 0 Å². The van der Waals surface area contributed by atoms with Crippen LogP contribution in [0.2, 0.25) is 5.02 Å². The topological polar surface area (TPSA) is 35.2 Å². The number of hydrogen-bond acceptors (Lipinski definition) is 2. The van der Waals surface area contributed by atoms with Gasteiger partial charge in [0.1, 0.15) is 0 Å². The SMILES string of the molecule is CCC(N)C(OC(C)C)c1ccccc1Cl. The van der Waals surface area contributed by atoms with Crippen LogP contribution in [0.25, 0.3) is 0 Å². The maximum absolute atomic E-state index is 6.17. The maximum Gasteiger partial charge on any atom is 0.0993 e. The van der Waals surface area contributed by atoms with Crippen molar-refractivity contribution in [1.82, 2.24) is 0 Å². The third-order valence-electron chi connectivity index (χ3n) is 2.49. The Bertz CT molecular complexity index is 327. The number of hydrogen-bond donors (Lipinski definition) is 1. The normalized spacial score (nSPS) is 15.1. The molecule has 0 fully saturated rings. The molecule has 0 aromatic heterocycles. The Morgan fingerprint density at radius 2 is 1.94 bits per heavy atom. The molecule has 2 atom stereocenters. The summed E-state index contributed by atoms with van der Waals surface area (Å²) in [4.78, 5) is 0. The third kappa shape index (κ3) is 3.48. The number of nitrogens with two attached hydrogens (primary N) is 1. The Balaban J connectivity index is 2.96. The van der Waals surface area contributed by atoms with Crippen molar-refractivity contribution >= 4 is 11.6 Å². The molecule has 0 bridgehead atoms. The van der Waals surface area contributed by atoms with Crippen molar-refractivity contribution in [2.45, 2.75) is 45.4 Å². The van der Waals surface area contributed by atoms with Crippen LogP contribution < -0.4 is 5.73 Å². The van der Waals surface area contributed by atoms with E-state index in [0.29, 0.717) is 0 Å². The standard InChI is InChI=1S/C13H20ClNO/c1-4-12(15)13(16-9(2)3)10-7-5-6-8-11(10)14/h5-9,12-13H,4,15H2,1-3H3. The fraction of sp³-hybridized carbons (Fsp3) is 0.538. The molecule has 0 radical (unpaired) electrons. The van der Waals surface area contributed by atoms with Gasteiger partial charge in [-0.1, -0.05) is 36.7 Å². The first-order valence-corrected chi connectivity index (χ1v) is 6.09. The van der Waals surface area contributed by atoms with E-state index in [1.165, 1.54) is 0 Å². The zero-order valence-corrected chi connectivity index (χ0v) is 10.9. The predicted octanol–water partition coefficient (Wildman–Crippen LogP) is 3.54. The quantitative estimate of drug-likeness (QED) is 0.856. The highest BCUT2D eigenvalue weighted by atomic mass is 35.5. The summed E-state index contributed by atoms with van der Waals surface area (Å²) in [6, 6.07) is 7.69. The molecule has 0 spiro atoms. The summed E-state index contributed by atoms with van der Waals surface area (Å²) in [5.74, 6) is 0. The smallest absolute Gasteiger partial charge is 0.0993 e. The largest absolute Gasteiger partial charge is 0.369 e. The number of halogens is 1. The van der Waals surface area contributed by atoms with Crippen LogP contribution in [-0.4, -0.2) is 12.1 Å². The van der Waals surface area contributed by atoms with Gasteiger partial charge in [-0.05, 0) is 26.3 Å². The van der Waals surface area contributed by atoms with Gasteiger partial charge in [0.25, 0.3) is 0 Å². The molecule has 3 heteroatoms. The van der Waals surface area contributed by atoms with E-state index < -0.39 is 0 Å². The van der Waals surface area contributed by atoms with Crippen molar-refractivity contribution in [1.29, 1.82) is 0 Å². The van der Waals surface area contributed by atoms with Gasteiger partial charge < -0.3 is 10.5 Å². The summed E-state index contributed by atoms with van der Waals surface area (Å²) >= 11 is 6.17. The van der Waals surface area contributed by atoms with Gasteiger partial charge in [-0.2, -0.15) is 0 Å². The first-order chi connectivity index (χ1) is 7.56. The van der Waals surface area contributed by atoms with Gasteiger partial charge in [-0.3, -0.25) is 0 Å². The molecule has 2 N–H and O–H groups in total. The molecule has 1 aromatic carbocycles. The first kappa shape index (κ1) is 13.5. The van der Waals surface area contributed by atoms with Crippen LogP contribution >= 0.6 is 11.6 Å². The second-order valence-electron chi connectivity index (χ2n) is 4.20. The molecule has 0 heterocycles.